The van der Waals surface area contributed by atoms with Gasteiger partial charge in [0.25, 0.3) is 5.91 Å². The molecule has 1 aliphatic heterocycles. The number of ether oxygens (including phenoxy) is 2. The van der Waals surface area contributed by atoms with Gasteiger partial charge in [0.2, 0.25) is 11.8 Å². The minimum Gasteiger partial charge on any atom is -0.480 e. The molecule has 6 rings (SSSR count). The number of nitrogens with zero attached hydrogens (tertiary/aromatic N) is 6. The molecule has 1 saturated heterocycles. The highest BCUT2D eigenvalue weighted by atomic mass is 32.1. The number of methoxy groups -OCH3 is 2. The number of thiazole rings is 1. The van der Waals surface area contributed by atoms with Gasteiger partial charge in [0.15, 0.2) is 0 Å². The summed E-state index contributed by atoms with van der Waals surface area (Å²) in [5.74, 6) is 0.283. The van der Waals surface area contributed by atoms with Crippen LogP contribution < -0.4 is 20.1 Å². The molecule has 0 saturated carbocycles. The van der Waals surface area contributed by atoms with E-state index in [1.165, 1.54) is 37.5 Å². The Morgan fingerprint density at radius 2 is 1.98 bits per heavy atom. The normalized spacial score (nSPS) is 16.8. The molecule has 4 aromatic heterocycles. The Labute approximate surface area is 246 Å². The number of anilines is 2. The minimum atomic E-state index is -0.351. The number of hydrogen-bond acceptors (Lipinski definition) is 10. The van der Waals surface area contributed by atoms with Crippen LogP contribution in [-0.2, 0) is 4.79 Å². The highest BCUT2D eigenvalue weighted by molar-refractivity contribution is 7.21. The first-order valence-corrected chi connectivity index (χ1v) is 14.1. The molecule has 2 N–H and O–H groups in total. The molecule has 5 heterocycles. The van der Waals surface area contributed by atoms with Gasteiger partial charge in [-0.1, -0.05) is 26.0 Å². The number of carbonyl (C=O) groups excluding carboxylic acids is 2. The first-order valence-electron chi connectivity index (χ1n) is 13.3. The SMILES string of the molecule is COc1ncc(-c2cn3ncc(C(=O)Nc4cc(NC(=O)CN5CC6C5=CC=CC6(C)C)cnc4C)c3s2)c(OC)n1. The van der Waals surface area contributed by atoms with E-state index in [1.54, 1.807) is 36.1 Å². The van der Waals surface area contributed by atoms with Crippen LogP contribution in [0.4, 0.5) is 11.4 Å². The average molecular weight is 587 g/mol. The molecule has 0 aromatic carbocycles. The molecule has 0 radical (unpaired) electrons. The second-order valence-corrected chi connectivity index (χ2v) is 11.8. The zero-order valence-corrected chi connectivity index (χ0v) is 24.7. The lowest BCUT2D eigenvalue weighted by molar-refractivity contribution is -0.118. The molecule has 0 bridgehead atoms. The van der Waals surface area contributed by atoms with E-state index in [9.17, 15) is 9.59 Å². The van der Waals surface area contributed by atoms with Crippen LogP contribution in [0.25, 0.3) is 15.3 Å². The molecule has 0 spiro atoms. The highest BCUT2D eigenvalue weighted by Crippen LogP contribution is 2.45. The lowest BCUT2D eigenvalue weighted by Gasteiger charge is -2.51. The number of hydrogen-bond donors (Lipinski definition) is 2. The van der Waals surface area contributed by atoms with Crippen molar-refractivity contribution in [3.8, 4) is 22.3 Å². The van der Waals surface area contributed by atoms with Crippen molar-refractivity contribution in [3.05, 3.63) is 66.0 Å². The molecule has 1 aliphatic carbocycles. The van der Waals surface area contributed by atoms with E-state index >= 15 is 0 Å². The molecule has 13 heteroatoms. The summed E-state index contributed by atoms with van der Waals surface area (Å²) in [6.07, 6.45) is 12.8. The molecular weight excluding hydrogens is 556 g/mol. The van der Waals surface area contributed by atoms with Gasteiger partial charge in [-0.05, 0) is 24.5 Å². The number of fused-ring (bicyclic) bond motifs is 2. The Hall–Kier alpha value is -4.78. The van der Waals surface area contributed by atoms with Gasteiger partial charge >= 0.3 is 6.01 Å². The lowest BCUT2D eigenvalue weighted by Crippen LogP contribution is -2.53. The molecule has 1 fully saturated rings. The largest absolute Gasteiger partial charge is 0.480 e. The third kappa shape index (κ3) is 4.96. The van der Waals surface area contributed by atoms with Gasteiger partial charge in [-0.3, -0.25) is 14.6 Å². The molecule has 216 valence electrons. The van der Waals surface area contributed by atoms with E-state index in [0.717, 1.165) is 11.4 Å². The third-order valence-electron chi connectivity index (χ3n) is 7.58. The van der Waals surface area contributed by atoms with Crippen molar-refractivity contribution in [3.63, 3.8) is 0 Å². The Bertz CT molecular complexity index is 1770. The van der Waals surface area contributed by atoms with Gasteiger partial charge in [0, 0.05) is 30.6 Å². The van der Waals surface area contributed by atoms with Crippen LogP contribution in [0.15, 0.2) is 54.8 Å². The number of carbonyl (C=O) groups is 2. The Balaban J connectivity index is 1.15. The fourth-order valence-corrected chi connectivity index (χ4v) is 6.22. The van der Waals surface area contributed by atoms with Crippen LogP contribution in [0, 0.1) is 18.3 Å². The summed E-state index contributed by atoms with van der Waals surface area (Å²) in [7, 11) is 3.00. The molecule has 1 atom stereocenters. The highest BCUT2D eigenvalue weighted by Gasteiger charge is 2.43. The number of rotatable bonds is 8. The van der Waals surface area contributed by atoms with Crippen molar-refractivity contribution in [2.75, 3.05) is 37.9 Å². The standard InChI is InChI=1S/C29H30N8O4S/c1-16-21(9-17(10-30-16)33-24(38)15-36-13-20-22(36)7-6-8-29(20,2)3)34-25(39)19-12-32-37-14-23(42-27(19)37)18-11-31-28(41-5)35-26(18)40-4/h6-12,14,20H,13,15H2,1-5H3,(H,33,38)(H,34,39). The minimum absolute atomic E-state index is 0.0913. The average Bonchev–Trinajstić information content (AvgIpc) is 3.55. The lowest BCUT2D eigenvalue weighted by atomic mass is 9.69. The van der Waals surface area contributed by atoms with E-state index in [0.29, 0.717) is 44.8 Å². The summed E-state index contributed by atoms with van der Waals surface area (Å²) in [4.78, 5) is 42.5. The Kier molecular flexibility index (Phi) is 6.89. The number of amides is 2. The second kappa shape index (κ2) is 10.6. The number of pyridine rings is 1. The predicted molar refractivity (Wildman–Crippen MR) is 159 cm³/mol. The molecule has 2 amide bonds. The van der Waals surface area contributed by atoms with Gasteiger partial charge in [0.05, 0.1) is 66.2 Å². The van der Waals surface area contributed by atoms with Crippen molar-refractivity contribution in [1.29, 1.82) is 0 Å². The summed E-state index contributed by atoms with van der Waals surface area (Å²) in [6.45, 7) is 7.31. The smallest absolute Gasteiger partial charge is 0.319 e. The van der Waals surface area contributed by atoms with Gasteiger partial charge in [-0.15, -0.1) is 11.3 Å². The first kappa shape index (κ1) is 27.4. The second-order valence-electron chi connectivity index (χ2n) is 10.7. The Morgan fingerprint density at radius 3 is 2.76 bits per heavy atom. The summed E-state index contributed by atoms with van der Waals surface area (Å²) in [6, 6.07) is 1.90. The summed E-state index contributed by atoms with van der Waals surface area (Å²) >= 11 is 1.36. The van der Waals surface area contributed by atoms with Crippen molar-refractivity contribution >= 4 is 39.4 Å². The maximum absolute atomic E-state index is 13.3. The van der Waals surface area contributed by atoms with E-state index in [2.05, 4.69) is 67.7 Å². The molecule has 42 heavy (non-hydrogen) atoms. The number of aryl methyl sites for hydroxylation is 1. The summed E-state index contributed by atoms with van der Waals surface area (Å²) in [5.41, 5.74) is 3.93. The third-order valence-corrected chi connectivity index (χ3v) is 8.73. The molecule has 4 aromatic rings. The zero-order valence-electron chi connectivity index (χ0n) is 23.8. The zero-order chi connectivity index (χ0) is 29.6. The fraction of sp³-hybridized carbons (Fsp3) is 0.310. The molecule has 2 aliphatic rings. The van der Waals surface area contributed by atoms with Crippen LogP contribution in [0.2, 0.25) is 0 Å². The van der Waals surface area contributed by atoms with Crippen molar-refractivity contribution < 1.29 is 19.1 Å². The van der Waals surface area contributed by atoms with Crippen LogP contribution in [0.1, 0.15) is 29.9 Å². The molecule has 12 nitrogen and oxygen atoms in total. The van der Waals surface area contributed by atoms with E-state index < -0.39 is 0 Å². The van der Waals surface area contributed by atoms with Gasteiger partial charge in [-0.2, -0.15) is 10.1 Å². The number of nitrogens with one attached hydrogen (secondary N) is 2. The van der Waals surface area contributed by atoms with Crippen molar-refractivity contribution in [2.45, 2.75) is 20.8 Å². The van der Waals surface area contributed by atoms with Crippen LogP contribution in [0.3, 0.4) is 0 Å². The maximum atomic E-state index is 13.3. The Morgan fingerprint density at radius 1 is 1.14 bits per heavy atom. The summed E-state index contributed by atoms with van der Waals surface area (Å²) < 4.78 is 12.1. The van der Waals surface area contributed by atoms with E-state index in [-0.39, 0.29) is 29.8 Å². The van der Waals surface area contributed by atoms with Gasteiger partial charge in [-0.25, -0.2) is 9.50 Å². The maximum Gasteiger partial charge on any atom is 0.319 e. The van der Waals surface area contributed by atoms with Crippen molar-refractivity contribution in [1.82, 2.24) is 29.5 Å². The van der Waals surface area contributed by atoms with Crippen LogP contribution >= 0.6 is 11.3 Å². The van der Waals surface area contributed by atoms with Gasteiger partial charge < -0.3 is 25.0 Å². The molecule has 1 unspecified atom stereocenters. The number of aromatic nitrogens is 5. The summed E-state index contributed by atoms with van der Waals surface area (Å²) in [5, 5.41) is 10.2. The van der Waals surface area contributed by atoms with Crippen LogP contribution in [-0.4, -0.2) is 68.6 Å². The topological polar surface area (TPSA) is 136 Å². The monoisotopic (exact) mass is 586 g/mol. The van der Waals surface area contributed by atoms with E-state index in [1.807, 2.05) is 0 Å². The predicted octanol–water partition coefficient (Wildman–Crippen LogP) is 4.18. The number of likely N-dealkylation sites (tertiary alicyclic amines) is 1. The number of allylic oxidation sites excluding steroid dienone is 3. The van der Waals surface area contributed by atoms with E-state index in [4.69, 9.17) is 9.47 Å². The van der Waals surface area contributed by atoms with Crippen molar-refractivity contribution in [2.24, 2.45) is 11.3 Å². The quantitative estimate of drug-likeness (QED) is 0.312. The molecular formula is C29H30N8O4S. The van der Waals surface area contributed by atoms with Gasteiger partial charge in [0.1, 0.15) is 4.83 Å². The van der Waals surface area contributed by atoms with Crippen LogP contribution in [0.5, 0.6) is 11.9 Å². The first-order chi connectivity index (χ1) is 20.2. The fourth-order valence-electron chi connectivity index (χ4n) is 5.16.